The van der Waals surface area contributed by atoms with E-state index in [0.29, 0.717) is 12.1 Å². The van der Waals surface area contributed by atoms with Gasteiger partial charge in [0.15, 0.2) is 5.76 Å². The molecule has 1 fully saturated rings. The molecule has 1 aliphatic rings. The summed E-state index contributed by atoms with van der Waals surface area (Å²) < 4.78 is 5.32. The number of aromatic nitrogens is 1. The predicted octanol–water partition coefficient (Wildman–Crippen LogP) is 1.95. The molecule has 0 amide bonds. The van der Waals surface area contributed by atoms with E-state index in [1.807, 2.05) is 13.0 Å². The Kier molecular flexibility index (Phi) is 4.18. The van der Waals surface area contributed by atoms with Gasteiger partial charge in [-0.15, -0.1) is 0 Å². The van der Waals surface area contributed by atoms with E-state index in [-0.39, 0.29) is 0 Å². The standard InChI is InChI=1S/C13H23N3O/c1-4-11-8-16(12(5-2)7-14-11)9-13-6-10(3)15-17-13/h6,11-12,14H,4-5,7-9H2,1-3H3. The maximum absolute atomic E-state index is 5.32. The Hall–Kier alpha value is -0.870. The van der Waals surface area contributed by atoms with Crippen molar-refractivity contribution < 1.29 is 4.52 Å². The molecule has 1 aliphatic heterocycles. The van der Waals surface area contributed by atoms with Crippen molar-refractivity contribution in [2.75, 3.05) is 13.1 Å². The summed E-state index contributed by atoms with van der Waals surface area (Å²) in [6.45, 7) is 9.53. The van der Waals surface area contributed by atoms with Crippen LogP contribution in [0.2, 0.25) is 0 Å². The summed E-state index contributed by atoms with van der Waals surface area (Å²) in [5, 5.41) is 7.56. The Morgan fingerprint density at radius 1 is 1.47 bits per heavy atom. The van der Waals surface area contributed by atoms with Crippen molar-refractivity contribution in [3.8, 4) is 0 Å². The summed E-state index contributed by atoms with van der Waals surface area (Å²) >= 11 is 0. The topological polar surface area (TPSA) is 41.3 Å². The first-order valence-electron chi connectivity index (χ1n) is 6.62. The molecule has 2 rings (SSSR count). The zero-order chi connectivity index (χ0) is 12.3. The monoisotopic (exact) mass is 237 g/mol. The third-order valence-electron chi connectivity index (χ3n) is 3.61. The molecule has 0 spiro atoms. The summed E-state index contributed by atoms with van der Waals surface area (Å²) in [5.41, 5.74) is 0.968. The van der Waals surface area contributed by atoms with Gasteiger partial charge in [0.25, 0.3) is 0 Å². The normalized spacial score (nSPS) is 26.3. The Bertz CT molecular complexity index is 350. The van der Waals surface area contributed by atoms with Crippen LogP contribution in [-0.4, -0.2) is 35.2 Å². The lowest BCUT2D eigenvalue weighted by Crippen LogP contribution is -2.55. The first-order chi connectivity index (χ1) is 8.22. The van der Waals surface area contributed by atoms with E-state index < -0.39 is 0 Å². The number of nitrogens with one attached hydrogen (secondary N) is 1. The second-order valence-electron chi connectivity index (χ2n) is 4.94. The molecular formula is C13H23N3O. The van der Waals surface area contributed by atoms with Gasteiger partial charge in [0.2, 0.25) is 0 Å². The average molecular weight is 237 g/mol. The lowest BCUT2D eigenvalue weighted by Gasteiger charge is -2.39. The Labute approximate surface area is 103 Å². The maximum atomic E-state index is 5.32. The molecule has 4 nitrogen and oxygen atoms in total. The minimum absolute atomic E-state index is 0.613. The first-order valence-corrected chi connectivity index (χ1v) is 6.62. The van der Waals surface area contributed by atoms with Crippen molar-refractivity contribution >= 4 is 0 Å². The van der Waals surface area contributed by atoms with E-state index in [1.165, 1.54) is 12.8 Å². The van der Waals surface area contributed by atoms with Crippen LogP contribution in [-0.2, 0) is 6.54 Å². The molecule has 0 aliphatic carbocycles. The largest absolute Gasteiger partial charge is 0.360 e. The summed E-state index contributed by atoms with van der Waals surface area (Å²) in [5.74, 6) is 0.984. The Morgan fingerprint density at radius 2 is 2.29 bits per heavy atom. The van der Waals surface area contributed by atoms with Crippen LogP contribution in [0.4, 0.5) is 0 Å². The number of nitrogens with zero attached hydrogens (tertiary/aromatic N) is 2. The fourth-order valence-electron chi connectivity index (χ4n) is 2.49. The highest BCUT2D eigenvalue weighted by Crippen LogP contribution is 2.16. The van der Waals surface area contributed by atoms with Crippen molar-refractivity contribution in [1.82, 2.24) is 15.4 Å². The molecule has 2 heterocycles. The van der Waals surface area contributed by atoms with E-state index in [4.69, 9.17) is 4.52 Å². The molecule has 0 bridgehead atoms. The van der Waals surface area contributed by atoms with Crippen LogP contribution in [0.1, 0.15) is 38.1 Å². The van der Waals surface area contributed by atoms with Crippen molar-refractivity contribution in [2.24, 2.45) is 0 Å². The summed E-state index contributed by atoms with van der Waals surface area (Å²) in [4.78, 5) is 2.52. The minimum atomic E-state index is 0.613. The van der Waals surface area contributed by atoms with Crippen LogP contribution in [0.3, 0.4) is 0 Å². The highest BCUT2D eigenvalue weighted by atomic mass is 16.5. The molecule has 0 saturated carbocycles. The van der Waals surface area contributed by atoms with Gasteiger partial charge in [-0.25, -0.2) is 0 Å². The van der Waals surface area contributed by atoms with Gasteiger partial charge in [0, 0.05) is 31.2 Å². The maximum Gasteiger partial charge on any atom is 0.150 e. The van der Waals surface area contributed by atoms with Gasteiger partial charge in [-0.1, -0.05) is 19.0 Å². The summed E-state index contributed by atoms with van der Waals surface area (Å²) in [7, 11) is 0. The molecule has 4 heteroatoms. The molecule has 0 radical (unpaired) electrons. The highest BCUT2D eigenvalue weighted by Gasteiger charge is 2.26. The Morgan fingerprint density at radius 3 is 2.88 bits per heavy atom. The zero-order valence-corrected chi connectivity index (χ0v) is 11.1. The van der Waals surface area contributed by atoms with Crippen LogP contribution in [0.15, 0.2) is 10.6 Å². The van der Waals surface area contributed by atoms with Gasteiger partial charge in [0.1, 0.15) is 0 Å². The summed E-state index contributed by atoms with van der Waals surface area (Å²) in [6.07, 6.45) is 2.36. The second kappa shape index (κ2) is 5.65. The molecule has 1 N–H and O–H groups in total. The van der Waals surface area contributed by atoms with E-state index in [2.05, 4.69) is 29.2 Å². The molecule has 1 aromatic heterocycles. The third-order valence-corrected chi connectivity index (χ3v) is 3.61. The quantitative estimate of drug-likeness (QED) is 0.869. The zero-order valence-electron chi connectivity index (χ0n) is 11.1. The van der Waals surface area contributed by atoms with Crippen molar-refractivity contribution in [2.45, 2.75) is 52.2 Å². The van der Waals surface area contributed by atoms with Crippen LogP contribution in [0, 0.1) is 6.92 Å². The fourth-order valence-corrected chi connectivity index (χ4v) is 2.49. The molecule has 1 saturated heterocycles. The Balaban J connectivity index is 2.00. The number of hydrogen-bond donors (Lipinski definition) is 1. The van der Waals surface area contributed by atoms with Gasteiger partial charge in [-0.2, -0.15) is 0 Å². The van der Waals surface area contributed by atoms with E-state index in [1.54, 1.807) is 0 Å². The molecular weight excluding hydrogens is 214 g/mol. The van der Waals surface area contributed by atoms with E-state index >= 15 is 0 Å². The van der Waals surface area contributed by atoms with Crippen molar-refractivity contribution in [3.63, 3.8) is 0 Å². The molecule has 96 valence electrons. The average Bonchev–Trinajstić information content (AvgIpc) is 2.74. The first kappa shape index (κ1) is 12.6. The molecule has 2 unspecified atom stereocenters. The van der Waals surface area contributed by atoms with Crippen molar-refractivity contribution in [3.05, 3.63) is 17.5 Å². The number of rotatable bonds is 4. The SMILES string of the molecule is CCC1CN(Cc2cc(C)no2)C(CC)CN1. The number of aryl methyl sites for hydroxylation is 1. The molecule has 17 heavy (non-hydrogen) atoms. The van der Waals surface area contributed by atoms with E-state index in [0.717, 1.165) is 31.1 Å². The second-order valence-corrected chi connectivity index (χ2v) is 4.94. The van der Waals surface area contributed by atoms with Crippen LogP contribution in [0.25, 0.3) is 0 Å². The van der Waals surface area contributed by atoms with E-state index in [9.17, 15) is 0 Å². The van der Waals surface area contributed by atoms with Gasteiger partial charge >= 0.3 is 0 Å². The van der Waals surface area contributed by atoms with Gasteiger partial charge in [-0.3, -0.25) is 4.90 Å². The van der Waals surface area contributed by atoms with Crippen LogP contribution in [0.5, 0.6) is 0 Å². The summed E-state index contributed by atoms with van der Waals surface area (Å²) in [6, 6.07) is 3.26. The minimum Gasteiger partial charge on any atom is -0.360 e. The van der Waals surface area contributed by atoms with Crippen LogP contribution < -0.4 is 5.32 Å². The molecule has 1 aromatic rings. The molecule has 2 atom stereocenters. The third kappa shape index (κ3) is 3.07. The van der Waals surface area contributed by atoms with Gasteiger partial charge in [-0.05, 0) is 19.8 Å². The van der Waals surface area contributed by atoms with Gasteiger partial charge in [0.05, 0.1) is 12.2 Å². The lowest BCUT2D eigenvalue weighted by molar-refractivity contribution is 0.106. The highest BCUT2D eigenvalue weighted by molar-refractivity contribution is 5.03. The van der Waals surface area contributed by atoms with Crippen molar-refractivity contribution in [1.29, 1.82) is 0 Å². The number of piperazine rings is 1. The molecule has 0 aromatic carbocycles. The smallest absolute Gasteiger partial charge is 0.150 e. The number of hydrogen-bond acceptors (Lipinski definition) is 4. The predicted molar refractivity (Wildman–Crippen MR) is 67.8 cm³/mol. The van der Waals surface area contributed by atoms with Gasteiger partial charge < -0.3 is 9.84 Å². The van der Waals surface area contributed by atoms with Crippen LogP contribution >= 0.6 is 0 Å². The lowest BCUT2D eigenvalue weighted by atomic mass is 10.1. The fraction of sp³-hybridized carbons (Fsp3) is 0.769.